The Bertz CT molecular complexity index is 1170. The minimum absolute atomic E-state index is 0.00317. The maximum absolute atomic E-state index is 13.2. The van der Waals surface area contributed by atoms with E-state index in [0.29, 0.717) is 24.2 Å². The molecule has 1 aromatic heterocycles. The van der Waals surface area contributed by atoms with E-state index >= 15 is 0 Å². The lowest BCUT2D eigenvalue weighted by Crippen LogP contribution is -2.26. The highest BCUT2D eigenvalue weighted by Gasteiger charge is 2.20. The van der Waals surface area contributed by atoms with Gasteiger partial charge in [0.05, 0.1) is 24.1 Å². The summed E-state index contributed by atoms with van der Waals surface area (Å²) < 4.78 is 49.5. The molecular weight excluding hydrogens is 439 g/mol. The molecule has 0 saturated carbocycles. The number of methoxy groups -OCH3 is 1. The number of nitriles is 1. The van der Waals surface area contributed by atoms with E-state index in [-0.39, 0.29) is 35.0 Å². The first-order valence-electron chi connectivity index (χ1n) is 9.79. The third-order valence-electron chi connectivity index (χ3n) is 4.70. The molecule has 0 atom stereocenters. The zero-order chi connectivity index (χ0) is 24.0. The van der Waals surface area contributed by atoms with Gasteiger partial charge in [-0.25, -0.2) is 9.07 Å². The Labute approximate surface area is 187 Å². The van der Waals surface area contributed by atoms with Gasteiger partial charge in [0.2, 0.25) is 0 Å². The highest BCUT2D eigenvalue weighted by molar-refractivity contribution is 5.97. The SMILES string of the molecule is COc1cccc(C(=O)NCCCc2nn(-c3ccc(F)cc3)c(N)c2C#N)c1OC(F)F. The van der Waals surface area contributed by atoms with Crippen LogP contribution in [0.1, 0.15) is 28.0 Å². The number of hydrogen-bond acceptors (Lipinski definition) is 6. The summed E-state index contributed by atoms with van der Waals surface area (Å²) in [6.45, 7) is -2.96. The maximum atomic E-state index is 13.2. The number of anilines is 1. The lowest BCUT2D eigenvalue weighted by atomic mass is 10.1. The normalized spacial score (nSPS) is 10.7. The van der Waals surface area contributed by atoms with Crippen molar-refractivity contribution in [2.24, 2.45) is 0 Å². The van der Waals surface area contributed by atoms with Gasteiger partial charge in [-0.3, -0.25) is 4.79 Å². The van der Waals surface area contributed by atoms with Crippen LogP contribution in [-0.2, 0) is 6.42 Å². The fourth-order valence-electron chi connectivity index (χ4n) is 3.17. The van der Waals surface area contributed by atoms with Crippen LogP contribution in [0.15, 0.2) is 42.5 Å². The van der Waals surface area contributed by atoms with Crippen LogP contribution in [0.25, 0.3) is 5.69 Å². The van der Waals surface area contributed by atoms with Crippen molar-refractivity contribution in [1.82, 2.24) is 15.1 Å². The second-order valence-electron chi connectivity index (χ2n) is 6.78. The second-order valence-corrected chi connectivity index (χ2v) is 6.78. The molecule has 1 amide bonds. The fourth-order valence-corrected chi connectivity index (χ4v) is 3.17. The van der Waals surface area contributed by atoms with Gasteiger partial charge in [0.15, 0.2) is 11.5 Å². The Morgan fingerprint density at radius 1 is 1.27 bits per heavy atom. The molecule has 0 radical (unpaired) electrons. The summed E-state index contributed by atoms with van der Waals surface area (Å²) in [6.07, 6.45) is 0.690. The van der Waals surface area contributed by atoms with Gasteiger partial charge in [-0.15, -0.1) is 0 Å². The number of aromatic nitrogens is 2. The lowest BCUT2D eigenvalue weighted by molar-refractivity contribution is -0.0515. The zero-order valence-electron chi connectivity index (χ0n) is 17.5. The Morgan fingerprint density at radius 2 is 2.00 bits per heavy atom. The molecule has 1 heterocycles. The largest absolute Gasteiger partial charge is 0.493 e. The van der Waals surface area contributed by atoms with Gasteiger partial charge >= 0.3 is 6.61 Å². The van der Waals surface area contributed by atoms with Crippen molar-refractivity contribution >= 4 is 11.7 Å². The molecule has 3 aromatic rings. The minimum atomic E-state index is -3.13. The van der Waals surface area contributed by atoms with Gasteiger partial charge in [-0.2, -0.15) is 19.1 Å². The quantitative estimate of drug-likeness (QED) is 0.474. The lowest BCUT2D eigenvalue weighted by Gasteiger charge is -2.14. The molecule has 0 aliphatic rings. The van der Waals surface area contributed by atoms with E-state index in [1.165, 1.54) is 54.3 Å². The van der Waals surface area contributed by atoms with Crippen LogP contribution in [0.2, 0.25) is 0 Å². The number of para-hydroxylation sites is 1. The second kappa shape index (κ2) is 10.4. The predicted octanol–water partition coefficient (Wildman–Crippen LogP) is 3.44. The highest BCUT2D eigenvalue weighted by atomic mass is 19.3. The molecule has 3 rings (SSSR count). The van der Waals surface area contributed by atoms with E-state index < -0.39 is 18.3 Å². The monoisotopic (exact) mass is 459 g/mol. The number of alkyl halides is 2. The van der Waals surface area contributed by atoms with Gasteiger partial charge in [0, 0.05) is 6.54 Å². The first kappa shape index (κ1) is 23.5. The summed E-state index contributed by atoms with van der Waals surface area (Å²) in [4.78, 5) is 12.5. The van der Waals surface area contributed by atoms with Crippen LogP contribution in [-0.4, -0.2) is 36.0 Å². The molecule has 33 heavy (non-hydrogen) atoms. The van der Waals surface area contributed by atoms with E-state index in [2.05, 4.69) is 15.2 Å². The van der Waals surface area contributed by atoms with E-state index in [4.69, 9.17) is 10.5 Å². The Kier molecular flexibility index (Phi) is 7.40. The molecule has 0 aliphatic heterocycles. The summed E-state index contributed by atoms with van der Waals surface area (Å²) in [5.74, 6) is -1.28. The van der Waals surface area contributed by atoms with E-state index in [9.17, 15) is 23.2 Å². The number of aryl methyl sites for hydroxylation is 1. The molecule has 0 saturated heterocycles. The third-order valence-corrected chi connectivity index (χ3v) is 4.70. The molecule has 0 fully saturated rings. The van der Waals surface area contributed by atoms with Gasteiger partial charge in [-0.05, 0) is 49.2 Å². The molecule has 11 heteroatoms. The molecule has 0 spiro atoms. The number of nitrogens with zero attached hydrogens (tertiary/aromatic N) is 3. The summed E-state index contributed by atoms with van der Waals surface area (Å²) in [7, 11) is 1.28. The number of halogens is 3. The molecule has 172 valence electrons. The molecule has 8 nitrogen and oxygen atoms in total. The van der Waals surface area contributed by atoms with Crippen LogP contribution < -0.4 is 20.5 Å². The molecule has 0 bridgehead atoms. The highest BCUT2D eigenvalue weighted by Crippen LogP contribution is 2.32. The number of nitrogens with two attached hydrogens (primary N) is 1. The van der Waals surface area contributed by atoms with Crippen LogP contribution in [0, 0.1) is 17.1 Å². The number of benzene rings is 2. The van der Waals surface area contributed by atoms with Gasteiger partial charge in [0.1, 0.15) is 23.3 Å². The van der Waals surface area contributed by atoms with Crippen molar-refractivity contribution in [3.63, 3.8) is 0 Å². The number of nitrogen functional groups attached to an aromatic ring is 1. The first-order chi connectivity index (χ1) is 15.8. The number of rotatable bonds is 9. The third kappa shape index (κ3) is 5.35. The topological polar surface area (TPSA) is 115 Å². The maximum Gasteiger partial charge on any atom is 0.387 e. The Morgan fingerprint density at radius 3 is 2.64 bits per heavy atom. The number of nitrogens with one attached hydrogen (secondary N) is 1. The van der Waals surface area contributed by atoms with Crippen molar-refractivity contribution in [1.29, 1.82) is 5.26 Å². The number of hydrogen-bond donors (Lipinski definition) is 2. The van der Waals surface area contributed by atoms with Crippen molar-refractivity contribution in [2.45, 2.75) is 19.5 Å². The van der Waals surface area contributed by atoms with Crippen molar-refractivity contribution in [2.75, 3.05) is 19.4 Å². The van der Waals surface area contributed by atoms with Crippen molar-refractivity contribution < 1.29 is 27.4 Å². The average molecular weight is 459 g/mol. The van der Waals surface area contributed by atoms with E-state index in [1.54, 1.807) is 0 Å². The Hall–Kier alpha value is -4.20. The molecule has 0 unspecified atom stereocenters. The molecule has 0 aliphatic carbocycles. The standard InChI is InChI=1S/C22H20F3N5O3/c1-32-18-6-2-4-15(19(18)33-22(24)25)21(31)28-11-3-5-17-16(12-26)20(27)30(29-17)14-9-7-13(23)8-10-14/h2,4,6-10,22H,3,5,11,27H2,1H3,(H,28,31). The minimum Gasteiger partial charge on any atom is -0.493 e. The van der Waals surface area contributed by atoms with Crippen LogP contribution in [0.3, 0.4) is 0 Å². The fraction of sp³-hybridized carbons (Fsp3) is 0.227. The van der Waals surface area contributed by atoms with Crippen molar-refractivity contribution in [3.8, 4) is 23.3 Å². The van der Waals surface area contributed by atoms with Gasteiger partial charge in [-0.1, -0.05) is 6.07 Å². The number of amides is 1. The van der Waals surface area contributed by atoms with E-state index in [1.807, 2.05) is 6.07 Å². The van der Waals surface area contributed by atoms with Crippen LogP contribution in [0.5, 0.6) is 11.5 Å². The molecule has 2 aromatic carbocycles. The summed E-state index contributed by atoms with van der Waals surface area (Å²) in [5, 5.41) is 16.4. The first-order valence-corrected chi connectivity index (χ1v) is 9.79. The summed E-state index contributed by atoms with van der Waals surface area (Å²) >= 11 is 0. The smallest absolute Gasteiger partial charge is 0.387 e. The Balaban J connectivity index is 1.67. The predicted molar refractivity (Wildman–Crippen MR) is 113 cm³/mol. The van der Waals surface area contributed by atoms with E-state index in [0.717, 1.165) is 0 Å². The van der Waals surface area contributed by atoms with Gasteiger partial charge in [0.25, 0.3) is 5.91 Å². The zero-order valence-corrected chi connectivity index (χ0v) is 17.5. The average Bonchev–Trinajstić information content (AvgIpc) is 3.11. The summed E-state index contributed by atoms with van der Waals surface area (Å²) in [5.41, 5.74) is 7.02. The number of ether oxygens (including phenoxy) is 2. The number of carbonyl (C=O) groups is 1. The van der Waals surface area contributed by atoms with Gasteiger partial charge < -0.3 is 20.5 Å². The number of carbonyl (C=O) groups excluding carboxylic acids is 1. The summed E-state index contributed by atoms with van der Waals surface area (Å²) in [6, 6.07) is 11.7. The van der Waals surface area contributed by atoms with Crippen molar-refractivity contribution in [3.05, 3.63) is 65.1 Å². The van der Waals surface area contributed by atoms with Crippen LogP contribution in [0.4, 0.5) is 19.0 Å². The molecule has 3 N–H and O–H groups in total. The van der Waals surface area contributed by atoms with Crippen LogP contribution >= 0.6 is 0 Å². The molecular formula is C22H20F3N5O3.